The van der Waals surface area contributed by atoms with Crippen molar-refractivity contribution in [1.82, 2.24) is 15.5 Å². The highest BCUT2D eigenvalue weighted by atomic mass is 16.7. The highest BCUT2D eigenvalue weighted by Crippen LogP contribution is 2.39. The largest absolute Gasteiger partial charge is 0.454 e. The van der Waals surface area contributed by atoms with Crippen LogP contribution in [-0.2, 0) is 21.5 Å². The molecule has 1 saturated heterocycles. The SMILES string of the molecule is C[C@@H](NC(=O)CN1C(=O)N[C@]2(CCCCc3ccccc32)C1=O)c1ccc2c(c1)OCO2. The van der Waals surface area contributed by atoms with Crippen LogP contribution in [0.15, 0.2) is 42.5 Å². The zero-order valence-corrected chi connectivity index (χ0v) is 17.8. The number of fused-ring (bicyclic) bond motifs is 3. The lowest BCUT2D eigenvalue weighted by molar-refractivity contribution is -0.135. The van der Waals surface area contributed by atoms with Gasteiger partial charge in [-0.15, -0.1) is 0 Å². The first-order chi connectivity index (χ1) is 15.5. The normalized spacial score (nSPS) is 22.3. The smallest absolute Gasteiger partial charge is 0.325 e. The van der Waals surface area contributed by atoms with E-state index in [1.54, 1.807) is 6.07 Å². The minimum atomic E-state index is -1.09. The monoisotopic (exact) mass is 435 g/mol. The predicted molar refractivity (Wildman–Crippen MR) is 115 cm³/mol. The lowest BCUT2D eigenvalue weighted by atomic mass is 9.84. The number of urea groups is 1. The molecule has 1 aliphatic carbocycles. The number of carbonyl (C=O) groups excluding carboxylic acids is 3. The van der Waals surface area contributed by atoms with E-state index < -0.39 is 17.5 Å². The third-order valence-electron chi connectivity index (χ3n) is 6.48. The van der Waals surface area contributed by atoms with Gasteiger partial charge in [0.05, 0.1) is 6.04 Å². The van der Waals surface area contributed by atoms with E-state index in [2.05, 4.69) is 10.6 Å². The second-order valence-corrected chi connectivity index (χ2v) is 8.49. The van der Waals surface area contributed by atoms with E-state index in [4.69, 9.17) is 9.47 Å². The highest BCUT2D eigenvalue weighted by molar-refractivity contribution is 6.09. The van der Waals surface area contributed by atoms with E-state index in [-0.39, 0.29) is 25.3 Å². The summed E-state index contributed by atoms with van der Waals surface area (Å²) in [4.78, 5) is 40.0. The van der Waals surface area contributed by atoms with Crippen LogP contribution in [0.25, 0.3) is 0 Å². The van der Waals surface area contributed by atoms with Gasteiger partial charge in [0.1, 0.15) is 12.1 Å². The molecular weight excluding hydrogens is 410 g/mol. The molecule has 32 heavy (non-hydrogen) atoms. The van der Waals surface area contributed by atoms with Crippen molar-refractivity contribution < 1.29 is 23.9 Å². The third-order valence-corrected chi connectivity index (χ3v) is 6.48. The number of amides is 4. The molecule has 0 aromatic heterocycles. The van der Waals surface area contributed by atoms with E-state index >= 15 is 0 Å². The van der Waals surface area contributed by atoms with Gasteiger partial charge in [0.15, 0.2) is 11.5 Å². The van der Waals surface area contributed by atoms with Crippen molar-refractivity contribution in [3.05, 3.63) is 59.2 Å². The summed E-state index contributed by atoms with van der Waals surface area (Å²) in [7, 11) is 0. The Morgan fingerprint density at radius 2 is 1.97 bits per heavy atom. The van der Waals surface area contributed by atoms with Crippen molar-refractivity contribution in [2.24, 2.45) is 0 Å². The molecule has 8 nitrogen and oxygen atoms in total. The Balaban J connectivity index is 1.31. The van der Waals surface area contributed by atoms with Crippen LogP contribution >= 0.6 is 0 Å². The van der Waals surface area contributed by atoms with Gasteiger partial charge >= 0.3 is 6.03 Å². The molecule has 3 aliphatic rings. The molecule has 2 heterocycles. The Bertz CT molecular complexity index is 1100. The molecule has 2 N–H and O–H groups in total. The number of aryl methyl sites for hydroxylation is 1. The standard InChI is InChI=1S/C24H25N3O5/c1-15(17-9-10-19-20(12-17)32-14-31-19)25-21(28)13-27-22(29)24(26-23(27)30)11-5-4-7-16-6-2-3-8-18(16)24/h2-3,6,8-10,12,15H,4-5,7,11,13-14H2,1H3,(H,25,28)(H,26,30)/t15-,24+/m1/s1. The number of nitrogens with one attached hydrogen (secondary N) is 2. The Kier molecular flexibility index (Phi) is 5.00. The Hall–Kier alpha value is -3.55. The van der Waals surface area contributed by atoms with Gasteiger partial charge in [0, 0.05) is 0 Å². The second-order valence-electron chi connectivity index (χ2n) is 8.49. The van der Waals surface area contributed by atoms with Gasteiger partial charge in [-0.25, -0.2) is 4.79 Å². The summed E-state index contributed by atoms with van der Waals surface area (Å²) >= 11 is 0. The summed E-state index contributed by atoms with van der Waals surface area (Å²) in [5.74, 6) is 0.535. The molecule has 5 rings (SSSR count). The molecule has 2 aromatic carbocycles. The molecule has 2 aliphatic heterocycles. The van der Waals surface area contributed by atoms with E-state index in [9.17, 15) is 14.4 Å². The lowest BCUT2D eigenvalue weighted by Crippen LogP contribution is -2.45. The van der Waals surface area contributed by atoms with Gasteiger partial charge < -0.3 is 20.1 Å². The van der Waals surface area contributed by atoms with Gasteiger partial charge in [0.25, 0.3) is 5.91 Å². The maximum atomic E-state index is 13.5. The first-order valence-corrected chi connectivity index (χ1v) is 10.9. The van der Waals surface area contributed by atoms with Crippen LogP contribution in [0.3, 0.4) is 0 Å². The zero-order chi connectivity index (χ0) is 22.3. The third kappa shape index (κ3) is 3.36. The van der Waals surface area contributed by atoms with E-state index in [1.807, 2.05) is 43.3 Å². The topological polar surface area (TPSA) is 97.0 Å². The van der Waals surface area contributed by atoms with Crippen molar-refractivity contribution in [1.29, 1.82) is 0 Å². The van der Waals surface area contributed by atoms with Gasteiger partial charge in [-0.3, -0.25) is 14.5 Å². The van der Waals surface area contributed by atoms with Crippen molar-refractivity contribution in [2.45, 2.75) is 44.2 Å². The fourth-order valence-electron chi connectivity index (χ4n) is 4.81. The molecule has 0 saturated carbocycles. The van der Waals surface area contributed by atoms with Crippen LogP contribution in [-0.4, -0.2) is 36.1 Å². The Morgan fingerprint density at radius 1 is 1.16 bits per heavy atom. The predicted octanol–water partition coefficient (Wildman–Crippen LogP) is 2.77. The summed E-state index contributed by atoms with van der Waals surface area (Å²) in [5, 5.41) is 5.78. The number of ether oxygens (including phenoxy) is 2. The second kappa shape index (κ2) is 7.85. The van der Waals surface area contributed by atoms with Gasteiger partial charge in [-0.1, -0.05) is 30.3 Å². The van der Waals surface area contributed by atoms with Crippen LogP contribution in [0, 0.1) is 0 Å². The maximum Gasteiger partial charge on any atom is 0.325 e. The average Bonchev–Trinajstić information content (AvgIpc) is 3.28. The van der Waals surface area contributed by atoms with E-state index in [0.29, 0.717) is 17.9 Å². The summed E-state index contributed by atoms with van der Waals surface area (Å²) in [6, 6.07) is 12.3. The Labute approximate surface area is 185 Å². The fourth-order valence-corrected chi connectivity index (χ4v) is 4.81. The van der Waals surface area contributed by atoms with Crippen LogP contribution in [0.5, 0.6) is 11.5 Å². The molecule has 0 radical (unpaired) electrons. The Morgan fingerprint density at radius 3 is 2.84 bits per heavy atom. The number of benzene rings is 2. The lowest BCUT2D eigenvalue weighted by Gasteiger charge is -2.27. The molecule has 166 valence electrons. The summed E-state index contributed by atoms with van der Waals surface area (Å²) in [6.07, 6.45) is 3.17. The molecule has 2 atom stereocenters. The molecular formula is C24H25N3O5. The van der Waals surface area contributed by atoms with Crippen LogP contribution < -0.4 is 20.1 Å². The van der Waals surface area contributed by atoms with Crippen molar-refractivity contribution in [3.63, 3.8) is 0 Å². The van der Waals surface area contributed by atoms with Crippen LogP contribution in [0.2, 0.25) is 0 Å². The van der Waals surface area contributed by atoms with Crippen molar-refractivity contribution in [2.75, 3.05) is 13.3 Å². The highest BCUT2D eigenvalue weighted by Gasteiger charge is 2.53. The van der Waals surface area contributed by atoms with Crippen molar-refractivity contribution >= 4 is 17.8 Å². The molecule has 4 amide bonds. The number of carbonyl (C=O) groups is 3. The number of imide groups is 1. The van der Waals surface area contributed by atoms with Gasteiger partial charge in [0.2, 0.25) is 12.7 Å². The van der Waals surface area contributed by atoms with Crippen molar-refractivity contribution in [3.8, 4) is 11.5 Å². The zero-order valence-electron chi connectivity index (χ0n) is 17.8. The number of hydrogen-bond acceptors (Lipinski definition) is 5. The van der Waals surface area contributed by atoms with E-state index in [1.165, 1.54) is 0 Å². The molecule has 1 fully saturated rings. The molecule has 0 bridgehead atoms. The number of nitrogens with zero attached hydrogens (tertiary/aromatic N) is 1. The first kappa shape index (κ1) is 20.4. The quantitative estimate of drug-likeness (QED) is 0.720. The average molecular weight is 435 g/mol. The maximum absolute atomic E-state index is 13.5. The minimum Gasteiger partial charge on any atom is -0.454 e. The summed E-state index contributed by atoms with van der Waals surface area (Å²) < 4.78 is 10.7. The molecule has 0 unspecified atom stereocenters. The summed E-state index contributed by atoms with van der Waals surface area (Å²) in [5.41, 5.74) is 1.66. The number of rotatable bonds is 4. The molecule has 8 heteroatoms. The van der Waals surface area contributed by atoms with Crippen LogP contribution in [0.4, 0.5) is 4.79 Å². The molecule has 1 spiro atoms. The first-order valence-electron chi connectivity index (χ1n) is 10.9. The molecule has 2 aromatic rings. The van der Waals surface area contributed by atoms with Gasteiger partial charge in [-0.05, 0) is 61.4 Å². The summed E-state index contributed by atoms with van der Waals surface area (Å²) in [6.45, 7) is 1.68. The fraction of sp³-hybridized carbons (Fsp3) is 0.375. The van der Waals surface area contributed by atoms with Crippen LogP contribution in [0.1, 0.15) is 48.9 Å². The van der Waals surface area contributed by atoms with Gasteiger partial charge in [-0.2, -0.15) is 0 Å². The number of hydrogen-bond donors (Lipinski definition) is 2. The minimum absolute atomic E-state index is 0.177. The van der Waals surface area contributed by atoms with E-state index in [0.717, 1.165) is 40.9 Å².